The topological polar surface area (TPSA) is 83.8 Å². The number of piperidine rings is 1. The SMILES string of the molecule is CCCN1CCC[C@@]2(COc3nc(N4CCCOCC4)c4cnc(-c5cc(O)cc6ccc(F)c(CC)c56)c(F)c4n3)CCC[C@@H]12. The molecular weight excluding hydrogens is 588 g/mol. The van der Waals surface area contributed by atoms with Gasteiger partial charge in [0, 0.05) is 42.9 Å². The summed E-state index contributed by atoms with van der Waals surface area (Å²) in [5.74, 6) is -0.513. The van der Waals surface area contributed by atoms with Gasteiger partial charge in [0.2, 0.25) is 0 Å². The van der Waals surface area contributed by atoms with Crippen LogP contribution in [0.2, 0.25) is 0 Å². The number of rotatable bonds is 8. The molecule has 1 aliphatic carbocycles. The second kappa shape index (κ2) is 12.9. The maximum atomic E-state index is 16.9. The average Bonchev–Trinajstić information content (AvgIpc) is 3.31. The highest BCUT2D eigenvalue weighted by Gasteiger charge is 2.48. The predicted molar refractivity (Wildman–Crippen MR) is 176 cm³/mol. The fraction of sp³-hybridized carbons (Fsp3) is 0.528. The molecule has 2 atom stereocenters. The zero-order valence-electron chi connectivity index (χ0n) is 26.8. The molecule has 0 radical (unpaired) electrons. The van der Waals surface area contributed by atoms with Crippen molar-refractivity contribution in [3.63, 3.8) is 0 Å². The van der Waals surface area contributed by atoms with Crippen molar-refractivity contribution in [2.45, 2.75) is 71.3 Å². The molecule has 2 aromatic heterocycles. The summed E-state index contributed by atoms with van der Waals surface area (Å²) in [6.45, 7) is 9.28. The van der Waals surface area contributed by atoms with Crippen LogP contribution in [0.1, 0.15) is 64.4 Å². The van der Waals surface area contributed by atoms with E-state index < -0.39 is 5.82 Å². The summed E-state index contributed by atoms with van der Waals surface area (Å²) >= 11 is 0. The maximum absolute atomic E-state index is 16.9. The van der Waals surface area contributed by atoms with Crippen molar-refractivity contribution in [3.05, 3.63) is 47.7 Å². The normalized spacial score (nSPS) is 22.3. The molecule has 4 aromatic rings. The van der Waals surface area contributed by atoms with Crippen molar-refractivity contribution in [1.82, 2.24) is 19.9 Å². The number of likely N-dealkylation sites (tertiary alicyclic amines) is 1. The van der Waals surface area contributed by atoms with Crippen LogP contribution in [0, 0.1) is 17.0 Å². The van der Waals surface area contributed by atoms with Gasteiger partial charge >= 0.3 is 6.01 Å². The molecule has 4 heterocycles. The summed E-state index contributed by atoms with van der Waals surface area (Å²) in [5.41, 5.74) is 0.896. The quantitative estimate of drug-likeness (QED) is 0.222. The van der Waals surface area contributed by atoms with E-state index in [9.17, 15) is 9.50 Å². The third-order valence-corrected chi connectivity index (χ3v) is 10.3. The third kappa shape index (κ3) is 5.53. The second-order valence-electron chi connectivity index (χ2n) is 13.1. The lowest BCUT2D eigenvalue weighted by atomic mass is 9.75. The lowest BCUT2D eigenvalue weighted by Crippen LogP contribution is -2.52. The number of aromatic hydroxyl groups is 1. The summed E-state index contributed by atoms with van der Waals surface area (Å²) < 4.78 is 44.1. The first-order valence-electron chi connectivity index (χ1n) is 16.9. The third-order valence-electron chi connectivity index (χ3n) is 10.3. The molecule has 3 fully saturated rings. The Morgan fingerprint density at radius 3 is 2.76 bits per heavy atom. The van der Waals surface area contributed by atoms with Gasteiger partial charge in [0.05, 0.1) is 18.6 Å². The minimum atomic E-state index is -0.654. The second-order valence-corrected chi connectivity index (χ2v) is 13.1. The molecule has 0 spiro atoms. The van der Waals surface area contributed by atoms with Crippen LogP contribution in [-0.2, 0) is 11.2 Å². The molecule has 0 amide bonds. The van der Waals surface area contributed by atoms with Crippen molar-refractivity contribution in [1.29, 1.82) is 0 Å². The minimum Gasteiger partial charge on any atom is -0.508 e. The molecule has 244 valence electrons. The average molecular weight is 632 g/mol. The van der Waals surface area contributed by atoms with Gasteiger partial charge in [-0.25, -0.2) is 8.78 Å². The number of halogens is 2. The van der Waals surface area contributed by atoms with Gasteiger partial charge in [-0.15, -0.1) is 0 Å². The van der Waals surface area contributed by atoms with Crippen LogP contribution >= 0.6 is 0 Å². The van der Waals surface area contributed by atoms with E-state index in [1.54, 1.807) is 18.3 Å². The van der Waals surface area contributed by atoms with Gasteiger partial charge in [0.15, 0.2) is 5.82 Å². The van der Waals surface area contributed by atoms with Crippen LogP contribution in [0.5, 0.6) is 11.8 Å². The summed E-state index contributed by atoms with van der Waals surface area (Å²) in [5, 5.41) is 12.2. The lowest BCUT2D eigenvalue weighted by molar-refractivity contribution is -0.000131. The van der Waals surface area contributed by atoms with Crippen molar-refractivity contribution in [2.75, 3.05) is 50.9 Å². The number of hydrogen-bond acceptors (Lipinski definition) is 8. The Morgan fingerprint density at radius 2 is 1.91 bits per heavy atom. The molecule has 2 aliphatic heterocycles. The smallest absolute Gasteiger partial charge is 0.319 e. The number of benzene rings is 2. The van der Waals surface area contributed by atoms with Crippen molar-refractivity contribution in [2.24, 2.45) is 5.41 Å². The molecule has 0 bridgehead atoms. The summed E-state index contributed by atoms with van der Waals surface area (Å²) in [6.07, 6.45) is 9.62. The van der Waals surface area contributed by atoms with Gasteiger partial charge in [0.25, 0.3) is 0 Å². The Kier molecular flexibility index (Phi) is 8.67. The van der Waals surface area contributed by atoms with E-state index in [1.165, 1.54) is 25.0 Å². The van der Waals surface area contributed by atoms with Gasteiger partial charge in [-0.1, -0.05) is 26.3 Å². The Labute approximate surface area is 268 Å². The number of anilines is 1. The predicted octanol–water partition coefficient (Wildman–Crippen LogP) is 7.04. The standard InChI is InChI=1S/C36H43F2N5O3/c1-3-13-42-14-6-12-36(11-5-8-29(36)42)22-46-35-40-33-27(34(41-35)43-15-7-17-45-18-16-43)21-39-32(31(33)38)26-20-24(44)19-23-9-10-28(37)25(4-2)30(23)26/h9-10,19-21,29,44H,3-8,11-18,22H2,1-2H3/t29-,36-/m1/s1. The van der Waals surface area contributed by atoms with E-state index in [4.69, 9.17) is 19.4 Å². The summed E-state index contributed by atoms with van der Waals surface area (Å²) in [7, 11) is 0. The van der Waals surface area contributed by atoms with Gasteiger partial charge in [-0.3, -0.25) is 9.88 Å². The first-order chi connectivity index (χ1) is 22.4. The van der Waals surface area contributed by atoms with Crippen LogP contribution in [0.3, 0.4) is 0 Å². The van der Waals surface area contributed by atoms with E-state index in [0.29, 0.717) is 78.5 Å². The Bertz CT molecular complexity index is 1740. The number of aromatic nitrogens is 3. The van der Waals surface area contributed by atoms with E-state index >= 15 is 4.39 Å². The highest BCUT2D eigenvalue weighted by atomic mass is 19.1. The lowest BCUT2D eigenvalue weighted by Gasteiger charge is -2.46. The number of aryl methyl sites for hydroxylation is 1. The van der Waals surface area contributed by atoms with E-state index in [-0.39, 0.29) is 34.2 Å². The van der Waals surface area contributed by atoms with Crippen LogP contribution in [0.25, 0.3) is 32.9 Å². The molecular formula is C36H43F2N5O3. The molecule has 3 aliphatic rings. The summed E-state index contributed by atoms with van der Waals surface area (Å²) in [6, 6.07) is 6.62. The first-order valence-corrected chi connectivity index (χ1v) is 16.9. The number of nitrogens with zero attached hydrogens (tertiary/aromatic N) is 5. The zero-order chi connectivity index (χ0) is 31.8. The monoisotopic (exact) mass is 631 g/mol. The van der Waals surface area contributed by atoms with Gasteiger partial charge in [-0.2, -0.15) is 9.97 Å². The number of pyridine rings is 1. The van der Waals surface area contributed by atoms with E-state index in [2.05, 4.69) is 21.7 Å². The first kappa shape index (κ1) is 31.0. The van der Waals surface area contributed by atoms with Crippen LogP contribution < -0.4 is 9.64 Å². The molecule has 1 N–H and O–H groups in total. The van der Waals surface area contributed by atoms with Crippen molar-refractivity contribution < 1.29 is 23.4 Å². The summed E-state index contributed by atoms with van der Waals surface area (Å²) in [4.78, 5) is 18.9. The molecule has 7 rings (SSSR count). The zero-order valence-corrected chi connectivity index (χ0v) is 26.8. The largest absolute Gasteiger partial charge is 0.508 e. The fourth-order valence-corrected chi connectivity index (χ4v) is 8.28. The Balaban J connectivity index is 1.34. The molecule has 8 nitrogen and oxygen atoms in total. The number of ether oxygens (including phenoxy) is 2. The van der Waals surface area contributed by atoms with Gasteiger partial charge < -0.3 is 19.5 Å². The highest BCUT2D eigenvalue weighted by molar-refractivity contribution is 6.01. The van der Waals surface area contributed by atoms with Gasteiger partial charge in [-0.05, 0) is 92.6 Å². The molecule has 0 unspecified atom stereocenters. The maximum Gasteiger partial charge on any atom is 0.319 e. The molecule has 10 heteroatoms. The molecule has 2 saturated heterocycles. The van der Waals surface area contributed by atoms with E-state index in [0.717, 1.165) is 45.2 Å². The molecule has 46 heavy (non-hydrogen) atoms. The highest BCUT2D eigenvalue weighted by Crippen LogP contribution is 2.48. The fourth-order valence-electron chi connectivity index (χ4n) is 8.28. The van der Waals surface area contributed by atoms with Crippen LogP contribution in [-0.4, -0.2) is 77.0 Å². The van der Waals surface area contributed by atoms with Crippen molar-refractivity contribution >= 4 is 27.5 Å². The van der Waals surface area contributed by atoms with Crippen LogP contribution in [0.4, 0.5) is 14.6 Å². The van der Waals surface area contributed by atoms with Gasteiger partial charge in [0.1, 0.15) is 28.6 Å². The Morgan fingerprint density at radius 1 is 1.04 bits per heavy atom. The number of phenols is 1. The van der Waals surface area contributed by atoms with Crippen molar-refractivity contribution in [3.8, 4) is 23.0 Å². The molecule has 1 saturated carbocycles. The number of fused-ring (bicyclic) bond motifs is 3. The van der Waals surface area contributed by atoms with Crippen LogP contribution in [0.15, 0.2) is 30.5 Å². The number of phenolic OH excluding ortho intramolecular Hbond substituents is 1. The Hall–Kier alpha value is -3.63. The van der Waals surface area contributed by atoms with E-state index in [1.807, 2.05) is 6.92 Å². The molecule has 2 aromatic carbocycles. The number of hydrogen-bond donors (Lipinski definition) is 1. The minimum absolute atomic E-state index is 0.000406.